The summed E-state index contributed by atoms with van der Waals surface area (Å²) in [6, 6.07) is 6.25. The van der Waals surface area contributed by atoms with E-state index in [1.807, 2.05) is 18.2 Å². The largest absolute Gasteiger partial charge is 0.478 e. The van der Waals surface area contributed by atoms with E-state index < -0.39 is 5.97 Å². The minimum absolute atomic E-state index is 0.117. The number of carboxylic acids is 1. The summed E-state index contributed by atoms with van der Waals surface area (Å²) in [5.41, 5.74) is 2.78. The highest BCUT2D eigenvalue weighted by Crippen LogP contribution is 2.57. The molecule has 4 fully saturated rings. The molecule has 4 heterocycles. The van der Waals surface area contributed by atoms with Crippen LogP contribution < -0.4 is 4.90 Å². The predicted octanol–water partition coefficient (Wildman–Crippen LogP) is 6.51. The Hall–Kier alpha value is -2.68. The number of hydrogen-bond donors (Lipinski definition) is 1. The Morgan fingerprint density at radius 1 is 1.05 bits per heavy atom. The number of aromatic nitrogens is 3. The first kappa shape index (κ1) is 24.4. The van der Waals surface area contributed by atoms with Crippen LogP contribution in [0.1, 0.15) is 79.0 Å². The van der Waals surface area contributed by atoms with Gasteiger partial charge in [-0.05, 0) is 68.9 Å². The molecule has 2 aliphatic carbocycles. The van der Waals surface area contributed by atoms with E-state index in [-0.39, 0.29) is 17.1 Å². The van der Waals surface area contributed by atoms with Crippen molar-refractivity contribution in [1.29, 1.82) is 0 Å². The predicted molar refractivity (Wildman–Crippen MR) is 142 cm³/mol. The van der Waals surface area contributed by atoms with Crippen molar-refractivity contribution in [2.75, 3.05) is 4.90 Å². The van der Waals surface area contributed by atoms with Gasteiger partial charge in [0.2, 0.25) is 5.95 Å². The van der Waals surface area contributed by atoms with E-state index in [1.54, 1.807) is 0 Å². The molecule has 10 heteroatoms. The first-order chi connectivity index (χ1) is 18.4. The summed E-state index contributed by atoms with van der Waals surface area (Å²) in [5.74, 6) is 0.950. The average molecular weight is 555 g/mol. The molecule has 2 aromatic heterocycles. The summed E-state index contributed by atoms with van der Waals surface area (Å²) in [6.07, 6.45) is 11.7. The van der Waals surface area contributed by atoms with Crippen LogP contribution in [-0.2, 0) is 11.3 Å². The molecule has 2 saturated heterocycles. The number of aromatic carboxylic acids is 1. The van der Waals surface area contributed by atoms with Crippen molar-refractivity contribution in [1.82, 2.24) is 15.1 Å². The molecule has 7 rings (SSSR count). The third-order valence-electron chi connectivity index (χ3n) is 8.82. The third kappa shape index (κ3) is 4.17. The van der Waals surface area contributed by atoms with Crippen LogP contribution in [0.5, 0.6) is 0 Å². The van der Waals surface area contributed by atoms with Crippen LogP contribution in [-0.4, -0.2) is 44.4 Å². The van der Waals surface area contributed by atoms with Crippen LogP contribution in [0.4, 0.5) is 5.95 Å². The fourth-order valence-corrected chi connectivity index (χ4v) is 7.52. The van der Waals surface area contributed by atoms with Crippen LogP contribution in [0.2, 0.25) is 10.0 Å². The Morgan fingerprint density at radius 2 is 1.71 bits per heavy atom. The molecule has 2 saturated carbocycles. The van der Waals surface area contributed by atoms with Gasteiger partial charge in [-0.3, -0.25) is 0 Å². The number of carbonyl (C=O) groups is 1. The van der Waals surface area contributed by atoms with Gasteiger partial charge < -0.3 is 19.3 Å². The number of halogens is 2. The maximum atomic E-state index is 11.2. The van der Waals surface area contributed by atoms with Crippen molar-refractivity contribution in [2.45, 2.75) is 82.1 Å². The molecule has 2 unspecified atom stereocenters. The van der Waals surface area contributed by atoms with Gasteiger partial charge in [-0.25, -0.2) is 14.8 Å². The third-order valence-corrected chi connectivity index (χ3v) is 9.45. The Bertz CT molecular complexity index is 1350. The molecule has 38 heavy (non-hydrogen) atoms. The SMILES string of the molecule is O=C(O)c1cnc(N2C3CCC2CC2(CC(OCc4c(-c5c(Cl)cccc5Cl)noc4C4CC4)C2)C3)nc1. The summed E-state index contributed by atoms with van der Waals surface area (Å²) in [7, 11) is 0. The highest BCUT2D eigenvalue weighted by molar-refractivity contribution is 6.39. The summed E-state index contributed by atoms with van der Waals surface area (Å²) in [6.45, 7) is 0.440. The quantitative estimate of drug-likeness (QED) is 0.352. The number of fused-ring (bicyclic) bond motifs is 2. The van der Waals surface area contributed by atoms with Crippen molar-refractivity contribution >= 4 is 35.1 Å². The summed E-state index contributed by atoms with van der Waals surface area (Å²) in [5, 5.41) is 14.6. The number of rotatable bonds is 7. The monoisotopic (exact) mass is 554 g/mol. The first-order valence-corrected chi connectivity index (χ1v) is 14.0. The number of piperidine rings is 1. The number of nitrogens with zero attached hydrogens (tertiary/aromatic N) is 4. The fourth-order valence-electron chi connectivity index (χ4n) is 6.94. The van der Waals surface area contributed by atoms with E-state index in [2.05, 4.69) is 20.0 Å². The highest BCUT2D eigenvalue weighted by Gasteiger charge is 2.55. The van der Waals surface area contributed by atoms with Crippen LogP contribution in [0.3, 0.4) is 0 Å². The zero-order chi connectivity index (χ0) is 26.0. The molecule has 1 aromatic carbocycles. The van der Waals surface area contributed by atoms with Gasteiger partial charge in [-0.1, -0.05) is 34.4 Å². The van der Waals surface area contributed by atoms with Crippen molar-refractivity contribution < 1.29 is 19.2 Å². The van der Waals surface area contributed by atoms with Gasteiger partial charge >= 0.3 is 5.97 Å². The van der Waals surface area contributed by atoms with Crippen LogP contribution in [0, 0.1) is 5.41 Å². The topological polar surface area (TPSA) is 102 Å². The molecule has 2 bridgehead atoms. The average Bonchev–Trinajstić information content (AvgIpc) is 3.58. The number of ether oxygens (including phenoxy) is 1. The Kier molecular flexibility index (Phi) is 5.91. The molecule has 1 N–H and O–H groups in total. The van der Waals surface area contributed by atoms with Crippen molar-refractivity contribution in [2.24, 2.45) is 5.41 Å². The first-order valence-electron chi connectivity index (χ1n) is 13.3. The van der Waals surface area contributed by atoms with E-state index in [4.69, 9.17) is 37.6 Å². The maximum absolute atomic E-state index is 11.2. The summed E-state index contributed by atoms with van der Waals surface area (Å²) in [4.78, 5) is 22.2. The molecule has 8 nitrogen and oxygen atoms in total. The molecule has 2 atom stereocenters. The number of anilines is 1. The molecule has 3 aromatic rings. The molecule has 4 aliphatic rings. The lowest BCUT2D eigenvalue weighted by atomic mass is 9.59. The van der Waals surface area contributed by atoms with E-state index in [9.17, 15) is 4.79 Å². The zero-order valence-electron chi connectivity index (χ0n) is 20.8. The molecule has 0 radical (unpaired) electrons. The summed E-state index contributed by atoms with van der Waals surface area (Å²) < 4.78 is 12.3. The van der Waals surface area contributed by atoms with Gasteiger partial charge in [-0.15, -0.1) is 0 Å². The van der Waals surface area contributed by atoms with Gasteiger partial charge in [0, 0.05) is 41.5 Å². The van der Waals surface area contributed by atoms with Crippen molar-refractivity contribution in [3.63, 3.8) is 0 Å². The van der Waals surface area contributed by atoms with Gasteiger partial charge in [0.05, 0.1) is 28.3 Å². The molecule has 0 amide bonds. The Morgan fingerprint density at radius 3 is 2.32 bits per heavy atom. The van der Waals surface area contributed by atoms with Crippen molar-refractivity contribution in [3.05, 3.63) is 57.5 Å². The van der Waals surface area contributed by atoms with E-state index in [0.717, 1.165) is 62.7 Å². The van der Waals surface area contributed by atoms with Gasteiger partial charge in [0.1, 0.15) is 11.5 Å². The molecule has 198 valence electrons. The smallest absolute Gasteiger partial charge is 0.338 e. The van der Waals surface area contributed by atoms with E-state index >= 15 is 0 Å². The Balaban J connectivity index is 1.03. The number of benzene rings is 1. The van der Waals surface area contributed by atoms with E-state index in [0.29, 0.717) is 51.9 Å². The number of hydrogen-bond acceptors (Lipinski definition) is 7. The van der Waals surface area contributed by atoms with Crippen LogP contribution >= 0.6 is 23.2 Å². The molecular formula is C28H28Cl2N4O4. The van der Waals surface area contributed by atoms with Crippen LogP contribution in [0.25, 0.3) is 11.3 Å². The van der Waals surface area contributed by atoms with Crippen molar-refractivity contribution in [3.8, 4) is 11.3 Å². The molecule has 2 aliphatic heterocycles. The second-order valence-electron chi connectivity index (χ2n) is 11.4. The lowest BCUT2D eigenvalue weighted by Crippen LogP contribution is -2.54. The normalized spacial score (nSPS) is 28.1. The lowest BCUT2D eigenvalue weighted by Gasteiger charge is -2.54. The van der Waals surface area contributed by atoms with E-state index in [1.165, 1.54) is 12.4 Å². The van der Waals surface area contributed by atoms with Crippen LogP contribution in [0.15, 0.2) is 35.1 Å². The van der Waals surface area contributed by atoms with Gasteiger partial charge in [0.15, 0.2) is 0 Å². The highest BCUT2D eigenvalue weighted by atomic mass is 35.5. The maximum Gasteiger partial charge on any atom is 0.338 e. The number of carboxylic acid groups (broad SMARTS) is 1. The summed E-state index contributed by atoms with van der Waals surface area (Å²) >= 11 is 13.0. The fraction of sp³-hybridized carbons (Fsp3) is 0.500. The molecular weight excluding hydrogens is 527 g/mol. The lowest BCUT2D eigenvalue weighted by molar-refractivity contribution is -0.104. The Labute approximate surface area is 230 Å². The van der Waals surface area contributed by atoms with Gasteiger partial charge in [-0.2, -0.15) is 0 Å². The minimum Gasteiger partial charge on any atom is -0.478 e. The zero-order valence-corrected chi connectivity index (χ0v) is 22.3. The van der Waals surface area contributed by atoms with Gasteiger partial charge in [0.25, 0.3) is 0 Å². The second-order valence-corrected chi connectivity index (χ2v) is 12.2. The minimum atomic E-state index is -1.00. The second kappa shape index (κ2) is 9.21. The molecule has 1 spiro atoms. The standard InChI is InChI=1S/C28H28Cl2N4O4/c29-21-2-1-3-22(30)23(21)24-20(25(38-33-24)15-4-5-15)14-37-19-10-28(11-19)8-17-6-7-18(9-28)34(17)27-31-12-16(13-32-27)26(35)36/h1-3,12-13,15,17-19H,4-11,14H2,(H,35,36).